The monoisotopic (exact) mass is 472 g/mol. The van der Waals surface area contributed by atoms with E-state index in [4.69, 9.17) is 0 Å². The molecule has 2 aliphatic rings. The molecule has 0 amide bonds. The lowest BCUT2D eigenvalue weighted by Gasteiger charge is -2.53. The van der Waals surface area contributed by atoms with E-state index in [2.05, 4.69) is 33.8 Å². The molecule has 0 saturated heterocycles. The molecule has 6 heteroatoms. The summed E-state index contributed by atoms with van der Waals surface area (Å²) in [5.74, 6) is -1.23. The number of aliphatic hydroxyl groups is 1. The van der Waals surface area contributed by atoms with Crippen LogP contribution >= 0.6 is 0 Å². The van der Waals surface area contributed by atoms with Gasteiger partial charge in [0.1, 0.15) is 17.2 Å². The number of aromatic hydroxyl groups is 3. The fraction of sp³-hybridized carbons (Fsp3) is 0.643. The van der Waals surface area contributed by atoms with Gasteiger partial charge in [-0.2, -0.15) is 0 Å². The highest BCUT2D eigenvalue weighted by Gasteiger charge is 2.50. The molecule has 1 fully saturated rings. The van der Waals surface area contributed by atoms with Crippen LogP contribution in [-0.4, -0.2) is 38.6 Å². The summed E-state index contributed by atoms with van der Waals surface area (Å²) < 4.78 is 0. The van der Waals surface area contributed by atoms with Crippen LogP contribution in [0.5, 0.6) is 17.2 Å². The Morgan fingerprint density at radius 3 is 2.06 bits per heavy atom. The number of phenolic OH excluding ortho intramolecular Hbond substituents is 3. The van der Waals surface area contributed by atoms with Crippen LogP contribution in [0, 0.1) is 29.1 Å². The van der Waals surface area contributed by atoms with E-state index in [0.29, 0.717) is 24.9 Å². The Labute approximate surface area is 202 Å². The highest BCUT2D eigenvalue weighted by molar-refractivity contribution is 5.95. The summed E-state index contributed by atoms with van der Waals surface area (Å²) in [6.07, 6.45) is 7.03. The summed E-state index contributed by atoms with van der Waals surface area (Å²) in [5, 5.41) is 43.1. The first-order valence-electron chi connectivity index (χ1n) is 12.4. The minimum absolute atomic E-state index is 0.0421. The van der Waals surface area contributed by atoms with Gasteiger partial charge >= 0.3 is 0 Å². The molecular weight excluding hydrogens is 432 g/mol. The number of phenols is 3. The molecule has 0 bridgehead atoms. The zero-order valence-corrected chi connectivity index (χ0v) is 21.3. The number of allylic oxidation sites excluding steroid dienone is 1. The molecule has 0 aliphatic heterocycles. The Morgan fingerprint density at radius 2 is 1.59 bits per heavy atom. The molecule has 0 aromatic heterocycles. The standard InChI is InChI=1S/C28H40O6/c1-15(2)11-18(23-25(32)19(13-29)24(31)20(14-30)26(23)33)21-8-7-16(3)22-12-17(27(4,5)34)9-10-28(21,22)6/h12-18,21,31-34H,7-11H2,1-6H3/t16?,17?,18?,21?,28-/m0/s1. The lowest BCUT2D eigenvalue weighted by Crippen LogP contribution is -2.45. The van der Waals surface area contributed by atoms with Gasteiger partial charge in [-0.3, -0.25) is 9.59 Å². The fourth-order valence-electron chi connectivity index (χ4n) is 6.66. The predicted octanol–water partition coefficient (Wildman–Crippen LogP) is 5.72. The van der Waals surface area contributed by atoms with Crippen molar-refractivity contribution < 1.29 is 30.0 Å². The van der Waals surface area contributed by atoms with Gasteiger partial charge in [0.15, 0.2) is 12.6 Å². The molecular formula is C28H40O6. The van der Waals surface area contributed by atoms with Crippen molar-refractivity contribution in [3.63, 3.8) is 0 Å². The maximum atomic E-state index is 11.7. The van der Waals surface area contributed by atoms with Crippen LogP contribution in [0.4, 0.5) is 0 Å². The van der Waals surface area contributed by atoms with Crippen LogP contribution < -0.4 is 0 Å². The molecule has 188 valence electrons. The number of rotatable bonds is 7. The van der Waals surface area contributed by atoms with E-state index in [0.717, 1.165) is 25.7 Å². The molecule has 1 aromatic rings. The zero-order valence-electron chi connectivity index (χ0n) is 21.3. The average molecular weight is 473 g/mol. The van der Waals surface area contributed by atoms with Gasteiger partial charge in [-0.15, -0.1) is 0 Å². The van der Waals surface area contributed by atoms with Gasteiger partial charge in [-0.25, -0.2) is 0 Å². The van der Waals surface area contributed by atoms with Gasteiger partial charge in [-0.05, 0) is 75.0 Å². The number of benzene rings is 1. The first kappa shape index (κ1) is 26.3. The van der Waals surface area contributed by atoms with Crippen molar-refractivity contribution in [2.45, 2.75) is 85.2 Å². The first-order chi connectivity index (χ1) is 15.8. The topological polar surface area (TPSA) is 115 Å². The largest absolute Gasteiger partial charge is 0.507 e. The van der Waals surface area contributed by atoms with Crippen molar-refractivity contribution in [1.82, 2.24) is 0 Å². The molecule has 1 saturated carbocycles. The summed E-state index contributed by atoms with van der Waals surface area (Å²) in [6.45, 7) is 12.3. The SMILES string of the molecule is CC(C)CC(c1c(O)c(C=O)c(O)c(C=O)c1O)C1CCC(C)C2=CC(C(C)(C)O)CC[C@]21C. The lowest BCUT2D eigenvalue weighted by atomic mass is 9.51. The minimum atomic E-state index is -0.816. The van der Waals surface area contributed by atoms with E-state index in [-0.39, 0.29) is 45.8 Å². The Hall–Kier alpha value is -2.34. The van der Waals surface area contributed by atoms with E-state index in [9.17, 15) is 30.0 Å². The van der Waals surface area contributed by atoms with E-state index < -0.39 is 22.8 Å². The summed E-state index contributed by atoms with van der Waals surface area (Å²) in [4.78, 5) is 23.4. The molecule has 0 heterocycles. The number of aldehydes is 2. The minimum Gasteiger partial charge on any atom is -0.507 e. The van der Waals surface area contributed by atoms with Gasteiger partial charge < -0.3 is 20.4 Å². The van der Waals surface area contributed by atoms with Crippen LogP contribution in [0.1, 0.15) is 106 Å². The number of carbonyl (C=O) groups excluding carboxylic acids is 2. The molecule has 3 rings (SSSR count). The highest BCUT2D eigenvalue weighted by Crippen LogP contribution is 2.61. The molecule has 1 aromatic carbocycles. The molecule has 0 radical (unpaired) electrons. The molecule has 6 nitrogen and oxygen atoms in total. The number of hydrogen-bond acceptors (Lipinski definition) is 6. The Bertz CT molecular complexity index is 951. The number of hydrogen-bond donors (Lipinski definition) is 4. The van der Waals surface area contributed by atoms with Crippen molar-refractivity contribution in [1.29, 1.82) is 0 Å². The van der Waals surface area contributed by atoms with Crippen molar-refractivity contribution in [2.24, 2.45) is 29.1 Å². The lowest BCUT2D eigenvalue weighted by molar-refractivity contribution is 0.00965. The maximum Gasteiger partial charge on any atom is 0.157 e. The van der Waals surface area contributed by atoms with Gasteiger partial charge in [-0.1, -0.05) is 39.3 Å². The van der Waals surface area contributed by atoms with Gasteiger partial charge in [0.25, 0.3) is 0 Å². The highest BCUT2D eigenvalue weighted by atomic mass is 16.3. The molecule has 0 spiro atoms. The van der Waals surface area contributed by atoms with Crippen LogP contribution in [0.2, 0.25) is 0 Å². The maximum absolute atomic E-state index is 11.7. The Morgan fingerprint density at radius 1 is 1.03 bits per heavy atom. The second-order valence-corrected chi connectivity index (χ2v) is 11.7. The van der Waals surface area contributed by atoms with Crippen LogP contribution in [0.25, 0.3) is 0 Å². The van der Waals surface area contributed by atoms with E-state index >= 15 is 0 Å². The van der Waals surface area contributed by atoms with Crippen LogP contribution in [-0.2, 0) is 0 Å². The fourth-order valence-corrected chi connectivity index (χ4v) is 6.66. The average Bonchev–Trinajstić information content (AvgIpc) is 2.72. The third kappa shape index (κ3) is 4.37. The normalized spacial score (nSPS) is 28.2. The van der Waals surface area contributed by atoms with Crippen molar-refractivity contribution in [2.75, 3.05) is 0 Å². The second kappa shape index (κ2) is 9.37. The van der Waals surface area contributed by atoms with Gasteiger partial charge in [0.05, 0.1) is 16.7 Å². The smallest absolute Gasteiger partial charge is 0.157 e. The van der Waals surface area contributed by atoms with Gasteiger partial charge in [0.2, 0.25) is 0 Å². The zero-order chi connectivity index (χ0) is 25.6. The molecule has 4 unspecified atom stereocenters. The quantitative estimate of drug-likeness (QED) is 0.298. The predicted molar refractivity (Wildman–Crippen MR) is 132 cm³/mol. The van der Waals surface area contributed by atoms with Crippen LogP contribution in [0.3, 0.4) is 0 Å². The number of carbonyl (C=O) groups is 2. The summed E-state index contributed by atoms with van der Waals surface area (Å²) in [5.41, 5.74) is -0.276. The molecule has 2 aliphatic carbocycles. The first-order valence-corrected chi connectivity index (χ1v) is 12.4. The summed E-state index contributed by atoms with van der Waals surface area (Å²) in [7, 11) is 0. The molecule has 34 heavy (non-hydrogen) atoms. The van der Waals surface area contributed by atoms with E-state index in [1.807, 2.05) is 13.8 Å². The van der Waals surface area contributed by atoms with E-state index in [1.54, 1.807) is 0 Å². The second-order valence-electron chi connectivity index (χ2n) is 11.7. The van der Waals surface area contributed by atoms with Crippen molar-refractivity contribution in [3.05, 3.63) is 28.3 Å². The summed E-state index contributed by atoms with van der Waals surface area (Å²) >= 11 is 0. The van der Waals surface area contributed by atoms with E-state index in [1.165, 1.54) is 5.57 Å². The van der Waals surface area contributed by atoms with Crippen LogP contribution in [0.15, 0.2) is 11.6 Å². The third-order valence-electron chi connectivity index (χ3n) is 8.53. The molecule has 4 N–H and O–H groups in total. The summed E-state index contributed by atoms with van der Waals surface area (Å²) in [6, 6.07) is 0. The third-order valence-corrected chi connectivity index (χ3v) is 8.53. The Balaban J connectivity index is 2.23. The number of fused-ring (bicyclic) bond motifs is 1. The van der Waals surface area contributed by atoms with Crippen molar-refractivity contribution in [3.8, 4) is 17.2 Å². The van der Waals surface area contributed by atoms with Gasteiger partial charge in [0, 0.05) is 11.5 Å². The molecule has 5 atom stereocenters. The Kier molecular flexibility index (Phi) is 7.24. The van der Waals surface area contributed by atoms with Crippen molar-refractivity contribution >= 4 is 12.6 Å².